The van der Waals surface area contributed by atoms with E-state index in [9.17, 15) is 4.79 Å². The summed E-state index contributed by atoms with van der Waals surface area (Å²) in [5.41, 5.74) is 1.48. The van der Waals surface area contributed by atoms with Crippen molar-refractivity contribution in [2.45, 2.75) is 6.61 Å². The first-order chi connectivity index (χ1) is 8.11. The fourth-order valence-corrected chi connectivity index (χ4v) is 1.45. The number of hydrogen-bond donors (Lipinski definition) is 4. The summed E-state index contributed by atoms with van der Waals surface area (Å²) in [5.74, 6) is -0.120. The Labute approximate surface area is 101 Å². The molecule has 17 heavy (non-hydrogen) atoms. The van der Waals surface area contributed by atoms with Crippen LogP contribution in [0.25, 0.3) is 0 Å². The predicted octanol–water partition coefficient (Wildman–Crippen LogP) is 0.573. The maximum atomic E-state index is 11.3. The highest BCUT2D eigenvalue weighted by atomic mass is 31.2. The van der Waals surface area contributed by atoms with Crippen LogP contribution in [-0.4, -0.2) is 29.3 Å². The largest absolute Gasteiger partial charge is 0.328 e. The number of carbonyl (C=O) groups is 1. The van der Waals surface area contributed by atoms with E-state index in [0.717, 1.165) is 5.56 Å². The van der Waals surface area contributed by atoms with Gasteiger partial charge in [-0.05, 0) is 24.7 Å². The molecule has 7 heteroatoms. The molecule has 0 saturated carbocycles. The van der Waals surface area contributed by atoms with Crippen LogP contribution in [0.3, 0.4) is 0 Å². The maximum Gasteiger partial charge on any atom is 0.327 e. The lowest BCUT2D eigenvalue weighted by molar-refractivity contribution is -0.115. The van der Waals surface area contributed by atoms with Gasteiger partial charge in [0.25, 0.3) is 0 Å². The molecule has 0 saturated heterocycles. The molecule has 6 nitrogen and oxygen atoms in total. The van der Waals surface area contributed by atoms with Crippen molar-refractivity contribution in [3.05, 3.63) is 29.8 Å². The average molecular weight is 258 g/mol. The van der Waals surface area contributed by atoms with Crippen LogP contribution in [0.15, 0.2) is 24.3 Å². The highest BCUT2D eigenvalue weighted by Gasteiger charge is 2.02. The van der Waals surface area contributed by atoms with Gasteiger partial charge < -0.3 is 24.9 Å². The molecule has 0 aliphatic rings. The molecule has 0 spiro atoms. The van der Waals surface area contributed by atoms with E-state index in [1.54, 1.807) is 31.3 Å². The van der Waals surface area contributed by atoms with Gasteiger partial charge in [-0.15, -0.1) is 0 Å². The number of benzene rings is 1. The smallest absolute Gasteiger partial charge is 0.327 e. The third kappa shape index (κ3) is 5.72. The van der Waals surface area contributed by atoms with Gasteiger partial charge >= 0.3 is 8.60 Å². The Morgan fingerprint density at radius 1 is 1.35 bits per heavy atom. The van der Waals surface area contributed by atoms with Crippen LogP contribution in [0.4, 0.5) is 5.69 Å². The highest BCUT2D eigenvalue weighted by Crippen LogP contribution is 2.26. The zero-order chi connectivity index (χ0) is 12.7. The van der Waals surface area contributed by atoms with E-state index < -0.39 is 8.60 Å². The summed E-state index contributed by atoms with van der Waals surface area (Å²) in [7, 11) is -0.632. The van der Waals surface area contributed by atoms with Gasteiger partial charge in [0.1, 0.15) is 0 Å². The van der Waals surface area contributed by atoms with Crippen LogP contribution in [0, 0.1) is 0 Å². The number of nitrogens with one attached hydrogen (secondary N) is 2. The van der Waals surface area contributed by atoms with Crippen molar-refractivity contribution in [2.24, 2.45) is 0 Å². The quantitative estimate of drug-likeness (QED) is 0.560. The summed E-state index contributed by atoms with van der Waals surface area (Å²) in [6.45, 7) is 0.383. The Kier molecular flexibility index (Phi) is 6.04. The average Bonchev–Trinajstić information content (AvgIpc) is 2.28. The molecule has 1 aromatic rings. The molecule has 1 rings (SSSR count). The number of likely N-dealkylation sites (N-methyl/N-ethyl adjacent to an activating group) is 1. The number of anilines is 1. The molecule has 0 aromatic heterocycles. The standard InChI is InChI=1S/C10H15N2O4P/c1-11-6-10(13)12-9-4-2-8(3-5-9)7-16-17(14)15/h2-5,11,14-15H,6-7H2,1H3,(H,12,13). The second kappa shape index (κ2) is 7.32. The summed E-state index contributed by atoms with van der Waals surface area (Å²) in [6, 6.07) is 6.94. The highest BCUT2D eigenvalue weighted by molar-refractivity contribution is 7.39. The Hall–Kier alpha value is -1.04. The molecule has 0 aliphatic heterocycles. The van der Waals surface area contributed by atoms with Gasteiger partial charge in [0, 0.05) is 5.69 Å². The summed E-state index contributed by atoms with van der Waals surface area (Å²) >= 11 is 0. The van der Waals surface area contributed by atoms with E-state index in [-0.39, 0.29) is 19.1 Å². The van der Waals surface area contributed by atoms with Gasteiger partial charge in [0.2, 0.25) is 5.91 Å². The van der Waals surface area contributed by atoms with Crippen LogP contribution < -0.4 is 10.6 Å². The predicted molar refractivity (Wildman–Crippen MR) is 65.1 cm³/mol. The minimum absolute atomic E-state index is 0.120. The van der Waals surface area contributed by atoms with E-state index in [2.05, 4.69) is 15.2 Å². The fraction of sp³-hybridized carbons (Fsp3) is 0.300. The summed E-state index contributed by atoms with van der Waals surface area (Å²) < 4.78 is 4.67. The third-order valence-corrected chi connectivity index (χ3v) is 2.28. The first-order valence-electron chi connectivity index (χ1n) is 4.96. The van der Waals surface area contributed by atoms with Crippen molar-refractivity contribution < 1.29 is 19.1 Å². The van der Waals surface area contributed by atoms with E-state index in [4.69, 9.17) is 9.79 Å². The molecule has 0 atom stereocenters. The van der Waals surface area contributed by atoms with Crippen molar-refractivity contribution in [1.82, 2.24) is 5.32 Å². The van der Waals surface area contributed by atoms with Gasteiger partial charge in [-0.3, -0.25) is 4.79 Å². The fourth-order valence-electron chi connectivity index (χ4n) is 1.18. The van der Waals surface area contributed by atoms with Crippen LogP contribution in [0.5, 0.6) is 0 Å². The van der Waals surface area contributed by atoms with Crippen LogP contribution in [0.2, 0.25) is 0 Å². The first-order valence-corrected chi connectivity index (χ1v) is 6.12. The summed E-state index contributed by atoms with van der Waals surface area (Å²) in [5, 5.41) is 5.44. The Morgan fingerprint density at radius 3 is 2.53 bits per heavy atom. The Morgan fingerprint density at radius 2 is 2.00 bits per heavy atom. The first kappa shape index (κ1) is 14.0. The molecule has 0 unspecified atom stereocenters. The van der Waals surface area contributed by atoms with Crippen LogP contribution in [-0.2, 0) is 15.9 Å². The van der Waals surface area contributed by atoms with Crippen molar-refractivity contribution in [1.29, 1.82) is 0 Å². The molecule has 4 N–H and O–H groups in total. The van der Waals surface area contributed by atoms with Crippen LogP contribution >= 0.6 is 8.60 Å². The van der Waals surface area contributed by atoms with Crippen molar-refractivity contribution in [2.75, 3.05) is 18.9 Å². The summed E-state index contributed by atoms with van der Waals surface area (Å²) in [6.07, 6.45) is 0. The van der Waals surface area contributed by atoms with Gasteiger partial charge in [-0.25, -0.2) is 0 Å². The van der Waals surface area contributed by atoms with E-state index >= 15 is 0 Å². The molecule has 1 aromatic carbocycles. The van der Waals surface area contributed by atoms with Crippen molar-refractivity contribution in [3.8, 4) is 0 Å². The monoisotopic (exact) mass is 258 g/mol. The number of amides is 1. The zero-order valence-corrected chi connectivity index (χ0v) is 10.3. The number of rotatable bonds is 6. The number of carbonyl (C=O) groups excluding carboxylic acids is 1. The van der Waals surface area contributed by atoms with Gasteiger partial charge in [-0.1, -0.05) is 12.1 Å². The normalized spacial score (nSPS) is 10.6. The molecule has 0 bridgehead atoms. The molecular weight excluding hydrogens is 243 g/mol. The van der Waals surface area contributed by atoms with Crippen molar-refractivity contribution >= 4 is 20.2 Å². The van der Waals surface area contributed by atoms with E-state index in [1.807, 2.05) is 0 Å². The molecule has 0 heterocycles. The minimum atomic E-state index is -2.33. The lowest BCUT2D eigenvalue weighted by Crippen LogP contribution is -2.24. The number of hydrogen-bond acceptors (Lipinski definition) is 5. The molecular formula is C10H15N2O4P. The molecule has 0 fully saturated rings. The Bertz CT molecular complexity index is 356. The lowest BCUT2D eigenvalue weighted by atomic mass is 10.2. The van der Waals surface area contributed by atoms with Gasteiger partial charge in [-0.2, -0.15) is 0 Å². The second-order valence-electron chi connectivity index (χ2n) is 3.30. The molecule has 0 radical (unpaired) electrons. The van der Waals surface area contributed by atoms with Crippen molar-refractivity contribution in [3.63, 3.8) is 0 Å². The van der Waals surface area contributed by atoms with Gasteiger partial charge in [0.15, 0.2) is 0 Å². The van der Waals surface area contributed by atoms with Crippen LogP contribution in [0.1, 0.15) is 5.56 Å². The van der Waals surface area contributed by atoms with E-state index in [1.165, 1.54) is 0 Å². The lowest BCUT2D eigenvalue weighted by Gasteiger charge is -2.07. The third-order valence-electron chi connectivity index (χ3n) is 1.92. The molecule has 0 aliphatic carbocycles. The molecule has 94 valence electrons. The van der Waals surface area contributed by atoms with Gasteiger partial charge in [0.05, 0.1) is 13.2 Å². The Balaban J connectivity index is 2.47. The maximum absolute atomic E-state index is 11.3. The second-order valence-corrected chi connectivity index (χ2v) is 4.07. The SMILES string of the molecule is CNCC(=O)Nc1ccc(COP(O)O)cc1. The zero-order valence-electron chi connectivity index (χ0n) is 9.38. The van der Waals surface area contributed by atoms with E-state index in [0.29, 0.717) is 5.69 Å². The molecule has 1 amide bonds. The summed E-state index contributed by atoms with van der Waals surface area (Å²) in [4.78, 5) is 28.4. The topological polar surface area (TPSA) is 90.8 Å². The minimum Gasteiger partial charge on any atom is -0.328 e.